The van der Waals surface area contributed by atoms with Crippen LogP contribution in [0, 0.1) is 13.8 Å². The highest BCUT2D eigenvalue weighted by atomic mass is 16.5. The zero-order valence-electron chi connectivity index (χ0n) is 13.6. The molecule has 3 unspecified atom stereocenters. The molecule has 1 aromatic rings. The largest absolute Gasteiger partial charge is 0.469 e. The van der Waals surface area contributed by atoms with Gasteiger partial charge in [-0.25, -0.2) is 0 Å². The molecule has 0 bridgehead atoms. The average molecular weight is 293 g/mol. The van der Waals surface area contributed by atoms with Gasteiger partial charge in [0.1, 0.15) is 0 Å². The molecule has 0 heterocycles. The van der Waals surface area contributed by atoms with E-state index in [0.717, 1.165) is 23.1 Å². The normalized spacial score (nSPS) is 15.3. The predicted molar refractivity (Wildman–Crippen MR) is 84.2 cm³/mol. The minimum absolute atomic E-state index is 0.148. The quantitative estimate of drug-likeness (QED) is 0.759. The minimum Gasteiger partial charge on any atom is -0.469 e. The smallest absolute Gasteiger partial charge is 0.307 e. The van der Waals surface area contributed by atoms with Gasteiger partial charge in [-0.2, -0.15) is 0 Å². The first kappa shape index (κ1) is 17.7. The summed E-state index contributed by atoms with van der Waals surface area (Å²) in [5.74, 6) is -0.320. The van der Waals surface area contributed by atoms with E-state index in [2.05, 4.69) is 12.2 Å². The molecule has 118 valence electrons. The van der Waals surface area contributed by atoms with E-state index in [1.54, 1.807) is 0 Å². The molecular formula is C17H27NO3. The van der Waals surface area contributed by atoms with Crippen molar-refractivity contribution in [3.63, 3.8) is 0 Å². The number of nitrogens with one attached hydrogen (secondary N) is 1. The van der Waals surface area contributed by atoms with E-state index in [4.69, 9.17) is 4.74 Å². The van der Waals surface area contributed by atoms with Crippen molar-refractivity contribution in [2.75, 3.05) is 7.11 Å². The lowest BCUT2D eigenvalue weighted by Gasteiger charge is -2.27. The standard InChI is InChI=1S/C17H27NO3/c1-6-13(4)18-15(10-16(19)21-5)17(20)14-8-7-11(2)9-12(14)3/h7-9,13,15,17-18,20H,6,10H2,1-5H3. The van der Waals surface area contributed by atoms with E-state index in [-0.39, 0.29) is 24.5 Å². The van der Waals surface area contributed by atoms with E-state index in [9.17, 15) is 9.90 Å². The van der Waals surface area contributed by atoms with Crippen LogP contribution in [0.4, 0.5) is 0 Å². The fourth-order valence-corrected chi connectivity index (χ4v) is 2.38. The molecule has 3 atom stereocenters. The molecule has 0 fully saturated rings. The molecule has 0 saturated carbocycles. The third-order valence-electron chi connectivity index (χ3n) is 3.85. The van der Waals surface area contributed by atoms with Crippen molar-refractivity contribution in [3.05, 3.63) is 34.9 Å². The predicted octanol–water partition coefficient (Wildman–Crippen LogP) is 2.66. The third kappa shape index (κ3) is 5.14. The third-order valence-corrected chi connectivity index (χ3v) is 3.85. The number of esters is 1. The highest BCUT2D eigenvalue weighted by Crippen LogP contribution is 2.24. The summed E-state index contributed by atoms with van der Waals surface area (Å²) >= 11 is 0. The summed E-state index contributed by atoms with van der Waals surface area (Å²) in [6, 6.07) is 5.81. The SMILES string of the molecule is CCC(C)NC(CC(=O)OC)C(O)c1ccc(C)cc1C. The average Bonchev–Trinajstić information content (AvgIpc) is 2.45. The van der Waals surface area contributed by atoms with Gasteiger partial charge in [0, 0.05) is 12.1 Å². The molecule has 21 heavy (non-hydrogen) atoms. The highest BCUT2D eigenvalue weighted by molar-refractivity contribution is 5.70. The number of aliphatic hydroxyl groups excluding tert-OH is 1. The monoisotopic (exact) mass is 293 g/mol. The van der Waals surface area contributed by atoms with Crippen LogP contribution in [-0.2, 0) is 9.53 Å². The Hall–Kier alpha value is -1.39. The Labute approximate surface area is 127 Å². The van der Waals surface area contributed by atoms with Gasteiger partial charge >= 0.3 is 5.97 Å². The van der Waals surface area contributed by atoms with Crippen molar-refractivity contribution in [2.24, 2.45) is 0 Å². The molecule has 4 heteroatoms. The second-order valence-electron chi connectivity index (χ2n) is 5.67. The maximum absolute atomic E-state index is 11.6. The van der Waals surface area contributed by atoms with Gasteiger partial charge < -0.3 is 15.2 Å². The maximum Gasteiger partial charge on any atom is 0.307 e. The topological polar surface area (TPSA) is 58.6 Å². The van der Waals surface area contributed by atoms with Gasteiger partial charge in [0.05, 0.1) is 19.6 Å². The Morgan fingerprint density at radius 2 is 2.05 bits per heavy atom. The van der Waals surface area contributed by atoms with Crippen LogP contribution in [0.25, 0.3) is 0 Å². The molecule has 0 spiro atoms. The van der Waals surface area contributed by atoms with Gasteiger partial charge in [-0.15, -0.1) is 0 Å². The van der Waals surface area contributed by atoms with E-state index >= 15 is 0 Å². The summed E-state index contributed by atoms with van der Waals surface area (Å²) in [6.45, 7) is 8.10. The van der Waals surface area contributed by atoms with Crippen LogP contribution in [0.5, 0.6) is 0 Å². The first-order valence-electron chi connectivity index (χ1n) is 7.47. The van der Waals surface area contributed by atoms with E-state index < -0.39 is 6.10 Å². The lowest BCUT2D eigenvalue weighted by molar-refractivity contribution is -0.142. The Morgan fingerprint density at radius 1 is 1.38 bits per heavy atom. The zero-order chi connectivity index (χ0) is 16.0. The zero-order valence-corrected chi connectivity index (χ0v) is 13.6. The number of methoxy groups -OCH3 is 1. The van der Waals surface area contributed by atoms with Gasteiger partial charge in [0.2, 0.25) is 0 Å². The van der Waals surface area contributed by atoms with Crippen LogP contribution in [0.1, 0.15) is 49.5 Å². The Balaban J connectivity index is 2.96. The summed E-state index contributed by atoms with van der Waals surface area (Å²) in [6.07, 6.45) is 0.339. The summed E-state index contributed by atoms with van der Waals surface area (Å²) in [5, 5.41) is 14.0. The second-order valence-corrected chi connectivity index (χ2v) is 5.67. The van der Waals surface area contributed by atoms with E-state index in [1.165, 1.54) is 7.11 Å². The van der Waals surface area contributed by atoms with Gasteiger partial charge in [-0.05, 0) is 38.3 Å². The number of hydrogen-bond donors (Lipinski definition) is 2. The number of aryl methyl sites for hydroxylation is 2. The molecule has 0 radical (unpaired) electrons. The van der Waals surface area contributed by atoms with Crippen molar-refractivity contribution in [2.45, 2.75) is 58.7 Å². The van der Waals surface area contributed by atoms with Crippen molar-refractivity contribution in [1.29, 1.82) is 0 Å². The van der Waals surface area contributed by atoms with Crippen molar-refractivity contribution < 1.29 is 14.6 Å². The number of benzene rings is 1. The van der Waals surface area contributed by atoms with Crippen molar-refractivity contribution >= 4 is 5.97 Å². The second kappa shape index (κ2) is 8.15. The van der Waals surface area contributed by atoms with Crippen LogP contribution in [0.2, 0.25) is 0 Å². The maximum atomic E-state index is 11.6. The molecule has 4 nitrogen and oxygen atoms in total. The molecule has 0 aliphatic carbocycles. The Bertz CT molecular complexity index is 473. The molecule has 0 aliphatic heterocycles. The lowest BCUT2D eigenvalue weighted by atomic mass is 9.94. The van der Waals surface area contributed by atoms with Crippen molar-refractivity contribution in [3.8, 4) is 0 Å². The molecule has 0 aromatic heterocycles. The summed E-state index contributed by atoms with van der Waals surface area (Å²) in [4.78, 5) is 11.6. The molecule has 1 rings (SSSR count). The van der Waals surface area contributed by atoms with Gasteiger partial charge in [0.25, 0.3) is 0 Å². The molecule has 0 aliphatic rings. The first-order valence-corrected chi connectivity index (χ1v) is 7.47. The number of hydrogen-bond acceptors (Lipinski definition) is 4. The van der Waals surface area contributed by atoms with Crippen LogP contribution in [0.15, 0.2) is 18.2 Å². The molecule has 1 aromatic carbocycles. The summed E-state index contributed by atoms with van der Waals surface area (Å²) in [7, 11) is 1.37. The van der Waals surface area contributed by atoms with Gasteiger partial charge in [0.15, 0.2) is 0 Å². The number of aliphatic hydroxyl groups is 1. The van der Waals surface area contributed by atoms with Gasteiger partial charge in [-0.1, -0.05) is 30.7 Å². The van der Waals surface area contributed by atoms with Crippen molar-refractivity contribution in [1.82, 2.24) is 5.32 Å². The number of ether oxygens (including phenoxy) is 1. The highest BCUT2D eigenvalue weighted by Gasteiger charge is 2.26. The number of carbonyl (C=O) groups is 1. The Morgan fingerprint density at radius 3 is 2.57 bits per heavy atom. The minimum atomic E-state index is -0.737. The fraction of sp³-hybridized carbons (Fsp3) is 0.588. The van der Waals surface area contributed by atoms with Crippen LogP contribution < -0.4 is 5.32 Å². The lowest BCUT2D eigenvalue weighted by Crippen LogP contribution is -2.42. The van der Waals surface area contributed by atoms with Gasteiger partial charge in [-0.3, -0.25) is 4.79 Å². The van der Waals surface area contributed by atoms with Crippen LogP contribution >= 0.6 is 0 Å². The number of rotatable bonds is 7. The first-order chi connectivity index (χ1) is 9.88. The van der Waals surface area contributed by atoms with Crippen LogP contribution in [-0.4, -0.2) is 30.3 Å². The Kier molecular flexibility index (Phi) is 6.85. The molecule has 0 saturated heterocycles. The molecular weight excluding hydrogens is 266 g/mol. The summed E-state index contributed by atoms with van der Waals surface area (Å²) in [5.41, 5.74) is 3.04. The van der Waals surface area contributed by atoms with Crippen LogP contribution in [0.3, 0.4) is 0 Å². The molecule has 0 amide bonds. The molecule has 2 N–H and O–H groups in total. The summed E-state index contributed by atoms with van der Waals surface area (Å²) < 4.78 is 4.74. The van der Waals surface area contributed by atoms with E-state index in [0.29, 0.717) is 0 Å². The number of carbonyl (C=O) groups excluding carboxylic acids is 1. The fourth-order valence-electron chi connectivity index (χ4n) is 2.38. The van der Waals surface area contributed by atoms with E-state index in [1.807, 2.05) is 39.0 Å².